The molecule has 0 unspecified atom stereocenters. The molecule has 1 atom stereocenters. The Bertz CT molecular complexity index is 284. The van der Waals surface area contributed by atoms with E-state index in [1.54, 1.807) is 0 Å². The van der Waals surface area contributed by atoms with E-state index in [1.165, 1.54) is 12.8 Å². The first kappa shape index (κ1) is 15.8. The van der Waals surface area contributed by atoms with Gasteiger partial charge in [0.05, 0.1) is 0 Å². The van der Waals surface area contributed by atoms with Crippen LogP contribution in [-0.2, 0) is 4.79 Å². The molecule has 0 spiro atoms. The molecule has 0 radical (unpaired) electrons. The van der Waals surface area contributed by atoms with Crippen molar-refractivity contribution in [3.8, 4) is 0 Å². The summed E-state index contributed by atoms with van der Waals surface area (Å²) < 4.78 is 0. The number of amides is 1. The topological polar surface area (TPSA) is 32.3 Å². The number of hydrogen-bond acceptors (Lipinski definition) is 2. The maximum atomic E-state index is 12.4. The van der Waals surface area contributed by atoms with Crippen molar-refractivity contribution in [2.24, 2.45) is 11.3 Å². The standard InChI is InChI=1S/C14H26N2O.ClH/c1-11-10-16(9-8-15-11)13(17)12-4-6-14(2,3)7-5-12;/h11-12,15H,4-10H2,1-3H3;1H/t11-;/m1./s1. The molecule has 0 aromatic heterocycles. The first-order chi connectivity index (χ1) is 7.98. The lowest BCUT2D eigenvalue weighted by molar-refractivity contribution is -0.138. The smallest absolute Gasteiger partial charge is 0.225 e. The number of rotatable bonds is 1. The predicted molar refractivity (Wildman–Crippen MR) is 77.0 cm³/mol. The fraction of sp³-hybridized carbons (Fsp3) is 0.929. The highest BCUT2D eigenvalue weighted by Crippen LogP contribution is 2.38. The molecular formula is C14H27ClN2O. The Morgan fingerprint density at radius 2 is 1.89 bits per heavy atom. The fourth-order valence-electron chi connectivity index (χ4n) is 3.04. The summed E-state index contributed by atoms with van der Waals surface area (Å²) in [7, 11) is 0. The molecule has 1 saturated heterocycles. The Balaban J connectivity index is 0.00000162. The van der Waals surface area contributed by atoms with Crippen LogP contribution in [-0.4, -0.2) is 36.5 Å². The fourth-order valence-corrected chi connectivity index (χ4v) is 3.04. The highest BCUT2D eigenvalue weighted by molar-refractivity contribution is 5.85. The van der Waals surface area contributed by atoms with Gasteiger partial charge in [-0.25, -0.2) is 0 Å². The molecule has 2 rings (SSSR count). The van der Waals surface area contributed by atoms with Crippen LogP contribution in [0.1, 0.15) is 46.5 Å². The van der Waals surface area contributed by atoms with Gasteiger partial charge in [-0.1, -0.05) is 13.8 Å². The van der Waals surface area contributed by atoms with Crippen molar-refractivity contribution < 1.29 is 4.79 Å². The van der Waals surface area contributed by atoms with Gasteiger partial charge in [0.1, 0.15) is 0 Å². The zero-order valence-corrected chi connectivity index (χ0v) is 12.7. The van der Waals surface area contributed by atoms with E-state index in [-0.39, 0.29) is 12.4 Å². The molecule has 1 aliphatic carbocycles. The molecule has 1 saturated carbocycles. The van der Waals surface area contributed by atoms with Gasteiger partial charge in [-0.2, -0.15) is 0 Å². The van der Waals surface area contributed by atoms with Crippen molar-refractivity contribution in [1.29, 1.82) is 0 Å². The zero-order valence-electron chi connectivity index (χ0n) is 11.9. The average molecular weight is 275 g/mol. The van der Waals surface area contributed by atoms with E-state index in [0.29, 0.717) is 23.3 Å². The van der Waals surface area contributed by atoms with Crippen LogP contribution in [0.5, 0.6) is 0 Å². The van der Waals surface area contributed by atoms with Crippen LogP contribution >= 0.6 is 12.4 Å². The number of nitrogens with zero attached hydrogens (tertiary/aromatic N) is 1. The molecule has 1 N–H and O–H groups in total. The quantitative estimate of drug-likeness (QED) is 0.797. The molecule has 18 heavy (non-hydrogen) atoms. The van der Waals surface area contributed by atoms with Gasteiger partial charge in [0, 0.05) is 31.6 Å². The van der Waals surface area contributed by atoms with Gasteiger partial charge < -0.3 is 10.2 Å². The van der Waals surface area contributed by atoms with Crippen LogP contribution in [0.15, 0.2) is 0 Å². The van der Waals surface area contributed by atoms with Gasteiger partial charge in [-0.15, -0.1) is 12.4 Å². The van der Waals surface area contributed by atoms with Crippen molar-refractivity contribution in [2.45, 2.75) is 52.5 Å². The third kappa shape index (κ3) is 3.86. The van der Waals surface area contributed by atoms with Crippen LogP contribution in [0.2, 0.25) is 0 Å². The maximum Gasteiger partial charge on any atom is 0.225 e. The molecule has 2 fully saturated rings. The number of halogens is 1. The summed E-state index contributed by atoms with van der Waals surface area (Å²) in [6.45, 7) is 9.53. The Labute approximate surface area is 117 Å². The van der Waals surface area contributed by atoms with Gasteiger partial charge in [-0.05, 0) is 38.0 Å². The molecule has 1 amide bonds. The van der Waals surface area contributed by atoms with Crippen LogP contribution < -0.4 is 5.32 Å². The average Bonchev–Trinajstić information content (AvgIpc) is 2.28. The third-order valence-corrected chi connectivity index (χ3v) is 4.37. The SMILES string of the molecule is C[C@@H]1CN(C(=O)C2CCC(C)(C)CC2)CCN1.Cl. The number of hydrogen-bond donors (Lipinski definition) is 1. The summed E-state index contributed by atoms with van der Waals surface area (Å²) >= 11 is 0. The Kier molecular flexibility index (Phi) is 5.47. The van der Waals surface area contributed by atoms with E-state index in [4.69, 9.17) is 0 Å². The van der Waals surface area contributed by atoms with E-state index in [9.17, 15) is 4.79 Å². The largest absolute Gasteiger partial charge is 0.340 e. The molecule has 1 heterocycles. The third-order valence-electron chi connectivity index (χ3n) is 4.37. The number of carbonyl (C=O) groups is 1. The van der Waals surface area contributed by atoms with E-state index in [1.807, 2.05) is 0 Å². The lowest BCUT2D eigenvalue weighted by atomic mass is 9.73. The van der Waals surface area contributed by atoms with Gasteiger partial charge in [0.25, 0.3) is 0 Å². The second kappa shape index (κ2) is 6.25. The van der Waals surface area contributed by atoms with Crippen molar-refractivity contribution in [1.82, 2.24) is 10.2 Å². The second-order valence-electron chi connectivity index (χ2n) is 6.58. The Hall–Kier alpha value is -0.280. The molecular weight excluding hydrogens is 248 g/mol. The number of piperazine rings is 1. The summed E-state index contributed by atoms with van der Waals surface area (Å²) in [5.74, 6) is 0.710. The van der Waals surface area contributed by atoms with Crippen LogP contribution in [0, 0.1) is 11.3 Å². The molecule has 3 nitrogen and oxygen atoms in total. The summed E-state index contributed by atoms with van der Waals surface area (Å²) in [4.78, 5) is 14.5. The lowest BCUT2D eigenvalue weighted by Gasteiger charge is -2.38. The molecule has 0 aromatic carbocycles. The molecule has 106 valence electrons. The second-order valence-corrected chi connectivity index (χ2v) is 6.58. The van der Waals surface area contributed by atoms with Crippen molar-refractivity contribution in [3.63, 3.8) is 0 Å². The molecule has 0 aromatic rings. The summed E-state index contributed by atoms with van der Waals surface area (Å²) in [5.41, 5.74) is 0.452. The van der Waals surface area contributed by atoms with Crippen molar-refractivity contribution >= 4 is 18.3 Å². The minimum absolute atomic E-state index is 0. The summed E-state index contributed by atoms with van der Waals surface area (Å²) in [5, 5.41) is 3.39. The number of nitrogens with one attached hydrogen (secondary N) is 1. The molecule has 4 heteroatoms. The summed E-state index contributed by atoms with van der Waals surface area (Å²) in [6, 6.07) is 0.452. The van der Waals surface area contributed by atoms with Crippen LogP contribution in [0.25, 0.3) is 0 Å². The Morgan fingerprint density at radius 1 is 1.28 bits per heavy atom. The predicted octanol–water partition coefficient (Wildman–Crippen LogP) is 2.44. The van der Waals surface area contributed by atoms with E-state index in [2.05, 4.69) is 31.0 Å². The highest BCUT2D eigenvalue weighted by atomic mass is 35.5. The van der Waals surface area contributed by atoms with Crippen LogP contribution in [0.3, 0.4) is 0 Å². The maximum absolute atomic E-state index is 12.4. The van der Waals surface area contributed by atoms with E-state index < -0.39 is 0 Å². The zero-order chi connectivity index (χ0) is 12.5. The van der Waals surface area contributed by atoms with Gasteiger partial charge in [-0.3, -0.25) is 4.79 Å². The highest BCUT2D eigenvalue weighted by Gasteiger charge is 2.33. The molecule has 2 aliphatic rings. The normalized spacial score (nSPS) is 28.6. The molecule has 0 bridgehead atoms. The van der Waals surface area contributed by atoms with Gasteiger partial charge >= 0.3 is 0 Å². The minimum Gasteiger partial charge on any atom is -0.340 e. The van der Waals surface area contributed by atoms with Crippen molar-refractivity contribution in [3.05, 3.63) is 0 Å². The first-order valence-corrected chi connectivity index (χ1v) is 7.00. The first-order valence-electron chi connectivity index (χ1n) is 7.00. The number of carbonyl (C=O) groups excluding carboxylic acids is 1. The Morgan fingerprint density at radius 3 is 2.44 bits per heavy atom. The monoisotopic (exact) mass is 274 g/mol. The molecule has 1 aliphatic heterocycles. The van der Waals surface area contributed by atoms with Gasteiger partial charge in [0.15, 0.2) is 0 Å². The van der Waals surface area contributed by atoms with Gasteiger partial charge in [0.2, 0.25) is 5.91 Å². The minimum atomic E-state index is 0. The lowest BCUT2D eigenvalue weighted by Crippen LogP contribution is -2.53. The van der Waals surface area contributed by atoms with Crippen molar-refractivity contribution in [2.75, 3.05) is 19.6 Å². The van der Waals surface area contributed by atoms with Crippen LogP contribution in [0.4, 0.5) is 0 Å². The van der Waals surface area contributed by atoms with E-state index >= 15 is 0 Å². The summed E-state index contributed by atoms with van der Waals surface area (Å²) in [6.07, 6.45) is 4.57. The van der Waals surface area contributed by atoms with E-state index in [0.717, 1.165) is 32.5 Å².